The van der Waals surface area contributed by atoms with Gasteiger partial charge in [0.1, 0.15) is 13.2 Å². The third kappa shape index (κ3) is 3.27. The molecule has 0 amide bonds. The third-order valence-electron chi connectivity index (χ3n) is 3.78. The van der Waals surface area contributed by atoms with Crippen LogP contribution in [0.5, 0.6) is 11.5 Å². The lowest BCUT2D eigenvalue weighted by atomic mass is 10.2. The molecule has 0 fully saturated rings. The summed E-state index contributed by atoms with van der Waals surface area (Å²) in [6.45, 7) is 4.82. The highest BCUT2D eigenvalue weighted by atomic mass is 32.2. The Labute approximate surface area is 136 Å². The first-order chi connectivity index (χ1) is 11.0. The van der Waals surface area contributed by atoms with E-state index in [4.69, 9.17) is 9.47 Å². The minimum Gasteiger partial charge on any atom is -0.486 e. The van der Waals surface area contributed by atoms with Crippen LogP contribution in [0.1, 0.15) is 18.1 Å². The molecule has 1 heterocycles. The predicted molar refractivity (Wildman–Crippen MR) is 88.8 cm³/mol. The topological polar surface area (TPSA) is 64.6 Å². The van der Waals surface area contributed by atoms with Crippen molar-refractivity contribution in [1.82, 2.24) is 0 Å². The molecule has 0 radical (unpaired) electrons. The molecule has 0 bridgehead atoms. The number of anilines is 1. The summed E-state index contributed by atoms with van der Waals surface area (Å²) in [4.78, 5) is 0.240. The van der Waals surface area contributed by atoms with Crippen molar-refractivity contribution in [2.75, 3.05) is 17.9 Å². The molecule has 0 atom stereocenters. The summed E-state index contributed by atoms with van der Waals surface area (Å²) < 4.78 is 38.7. The van der Waals surface area contributed by atoms with Gasteiger partial charge in [-0.15, -0.1) is 0 Å². The largest absolute Gasteiger partial charge is 0.486 e. The lowest BCUT2D eigenvalue weighted by Crippen LogP contribution is -2.17. The van der Waals surface area contributed by atoms with Crippen molar-refractivity contribution < 1.29 is 17.9 Å². The predicted octanol–water partition coefficient (Wildman–Crippen LogP) is 3.13. The summed E-state index contributed by atoms with van der Waals surface area (Å²) in [5, 5.41) is 0. The molecule has 1 N–H and O–H groups in total. The van der Waals surface area contributed by atoms with Crippen molar-refractivity contribution in [3.05, 3.63) is 47.5 Å². The fraction of sp³-hybridized carbons (Fsp3) is 0.294. The number of ether oxygens (including phenoxy) is 2. The first kappa shape index (κ1) is 15.7. The standard InChI is InChI=1S/C17H19NO4S/c1-3-13-4-6-14(7-5-13)23(19,20)18-15-11-17-16(10-12(15)2)21-8-9-22-17/h4-7,10-11,18H,3,8-9H2,1-2H3. The lowest BCUT2D eigenvalue weighted by Gasteiger charge is -2.20. The molecule has 0 unspecified atom stereocenters. The van der Waals surface area contributed by atoms with E-state index >= 15 is 0 Å². The Morgan fingerprint density at radius 2 is 1.65 bits per heavy atom. The van der Waals surface area contributed by atoms with Crippen molar-refractivity contribution >= 4 is 15.7 Å². The van der Waals surface area contributed by atoms with Crippen LogP contribution >= 0.6 is 0 Å². The Bertz CT molecular complexity index is 813. The van der Waals surface area contributed by atoms with Gasteiger partial charge in [0, 0.05) is 6.07 Å². The molecule has 6 heteroatoms. The average Bonchev–Trinajstić information content (AvgIpc) is 2.55. The van der Waals surface area contributed by atoms with Gasteiger partial charge in [-0.2, -0.15) is 0 Å². The molecule has 3 rings (SSSR count). The van der Waals surface area contributed by atoms with E-state index in [1.807, 2.05) is 26.0 Å². The maximum absolute atomic E-state index is 12.5. The smallest absolute Gasteiger partial charge is 0.261 e. The monoisotopic (exact) mass is 333 g/mol. The van der Waals surface area contributed by atoms with Crippen molar-refractivity contribution in [3.63, 3.8) is 0 Å². The second kappa shape index (κ2) is 6.12. The molecule has 0 aromatic heterocycles. The number of nitrogens with one attached hydrogen (secondary N) is 1. The average molecular weight is 333 g/mol. The molecular weight excluding hydrogens is 314 g/mol. The summed E-state index contributed by atoms with van der Waals surface area (Å²) in [5.41, 5.74) is 2.37. The number of aryl methyl sites for hydroxylation is 2. The Kier molecular flexibility index (Phi) is 4.17. The highest BCUT2D eigenvalue weighted by molar-refractivity contribution is 7.92. The molecular formula is C17H19NO4S. The molecule has 0 aliphatic carbocycles. The number of sulfonamides is 1. The molecule has 0 saturated carbocycles. The lowest BCUT2D eigenvalue weighted by molar-refractivity contribution is 0.171. The van der Waals surface area contributed by atoms with E-state index in [0.717, 1.165) is 17.5 Å². The van der Waals surface area contributed by atoms with Crippen LogP contribution in [-0.4, -0.2) is 21.6 Å². The second-order valence-corrected chi connectivity index (χ2v) is 7.10. The molecule has 5 nitrogen and oxygen atoms in total. The van der Waals surface area contributed by atoms with Crippen LogP contribution in [-0.2, 0) is 16.4 Å². The van der Waals surface area contributed by atoms with Gasteiger partial charge >= 0.3 is 0 Å². The Balaban J connectivity index is 1.90. The number of rotatable bonds is 4. The quantitative estimate of drug-likeness (QED) is 0.933. The third-order valence-corrected chi connectivity index (χ3v) is 5.16. The molecule has 2 aromatic carbocycles. The van der Waals surface area contributed by atoms with Gasteiger partial charge in [-0.25, -0.2) is 8.42 Å². The highest BCUT2D eigenvalue weighted by Crippen LogP contribution is 2.36. The maximum Gasteiger partial charge on any atom is 0.261 e. The van der Waals surface area contributed by atoms with Crippen LogP contribution in [0, 0.1) is 6.92 Å². The summed E-state index contributed by atoms with van der Waals surface area (Å²) in [7, 11) is -3.63. The summed E-state index contributed by atoms with van der Waals surface area (Å²) in [5.74, 6) is 1.20. The van der Waals surface area contributed by atoms with E-state index in [0.29, 0.717) is 30.4 Å². The van der Waals surface area contributed by atoms with Gasteiger partial charge in [-0.3, -0.25) is 4.72 Å². The fourth-order valence-electron chi connectivity index (χ4n) is 2.41. The first-order valence-electron chi connectivity index (χ1n) is 7.51. The Morgan fingerprint density at radius 3 is 2.26 bits per heavy atom. The van der Waals surface area contributed by atoms with Crippen LogP contribution in [0.2, 0.25) is 0 Å². The minimum absolute atomic E-state index is 0.240. The highest BCUT2D eigenvalue weighted by Gasteiger charge is 2.19. The van der Waals surface area contributed by atoms with Crippen LogP contribution in [0.3, 0.4) is 0 Å². The summed E-state index contributed by atoms with van der Waals surface area (Å²) in [6, 6.07) is 10.3. The number of benzene rings is 2. The molecule has 122 valence electrons. The summed E-state index contributed by atoms with van der Waals surface area (Å²) in [6.07, 6.45) is 0.870. The fourth-order valence-corrected chi connectivity index (χ4v) is 3.53. The van der Waals surface area contributed by atoms with Crippen LogP contribution in [0.15, 0.2) is 41.3 Å². The maximum atomic E-state index is 12.5. The number of hydrogen-bond acceptors (Lipinski definition) is 4. The van der Waals surface area contributed by atoms with Gasteiger partial charge in [0.25, 0.3) is 10.0 Å². The van der Waals surface area contributed by atoms with Crippen LogP contribution in [0.4, 0.5) is 5.69 Å². The van der Waals surface area contributed by atoms with E-state index in [2.05, 4.69) is 4.72 Å². The van der Waals surface area contributed by atoms with Crippen molar-refractivity contribution in [2.45, 2.75) is 25.2 Å². The van der Waals surface area contributed by atoms with E-state index < -0.39 is 10.0 Å². The summed E-state index contributed by atoms with van der Waals surface area (Å²) >= 11 is 0. The molecule has 23 heavy (non-hydrogen) atoms. The number of hydrogen-bond donors (Lipinski definition) is 1. The molecule has 1 aliphatic rings. The zero-order chi connectivity index (χ0) is 16.4. The minimum atomic E-state index is -3.63. The van der Waals surface area contributed by atoms with E-state index in [9.17, 15) is 8.42 Å². The Hall–Kier alpha value is -2.21. The van der Waals surface area contributed by atoms with Gasteiger partial charge in [-0.1, -0.05) is 19.1 Å². The molecule has 2 aromatic rings. The van der Waals surface area contributed by atoms with Gasteiger partial charge in [0.15, 0.2) is 11.5 Å². The van der Waals surface area contributed by atoms with Gasteiger partial charge in [-0.05, 0) is 42.7 Å². The van der Waals surface area contributed by atoms with Crippen molar-refractivity contribution in [1.29, 1.82) is 0 Å². The van der Waals surface area contributed by atoms with E-state index in [1.165, 1.54) is 0 Å². The zero-order valence-corrected chi connectivity index (χ0v) is 13.9. The van der Waals surface area contributed by atoms with Crippen LogP contribution in [0.25, 0.3) is 0 Å². The molecule has 0 spiro atoms. The SMILES string of the molecule is CCc1ccc(S(=O)(=O)Nc2cc3c(cc2C)OCCO3)cc1. The van der Waals surface area contributed by atoms with Gasteiger partial charge in [0.05, 0.1) is 10.6 Å². The number of fused-ring (bicyclic) bond motifs is 1. The Morgan fingerprint density at radius 1 is 1.04 bits per heavy atom. The molecule has 0 saturated heterocycles. The molecule has 1 aliphatic heterocycles. The van der Waals surface area contributed by atoms with Gasteiger partial charge < -0.3 is 9.47 Å². The van der Waals surface area contributed by atoms with Crippen molar-refractivity contribution in [2.24, 2.45) is 0 Å². The first-order valence-corrected chi connectivity index (χ1v) is 9.00. The zero-order valence-electron chi connectivity index (χ0n) is 13.1. The van der Waals surface area contributed by atoms with E-state index in [1.54, 1.807) is 24.3 Å². The van der Waals surface area contributed by atoms with Gasteiger partial charge in [0.2, 0.25) is 0 Å². The van der Waals surface area contributed by atoms with Crippen LogP contribution < -0.4 is 14.2 Å². The van der Waals surface area contributed by atoms with Crippen molar-refractivity contribution in [3.8, 4) is 11.5 Å². The van der Waals surface area contributed by atoms with E-state index in [-0.39, 0.29) is 4.90 Å². The normalized spacial score (nSPS) is 13.7. The second-order valence-electron chi connectivity index (χ2n) is 5.41.